The van der Waals surface area contributed by atoms with E-state index in [1.807, 2.05) is 0 Å². The number of pyridine rings is 1. The largest absolute Gasteiger partial charge is 0.481 e. The summed E-state index contributed by atoms with van der Waals surface area (Å²) in [5.41, 5.74) is 0.0198. The number of carboxylic acid groups (broad SMARTS) is 1. The number of nitrogens with zero attached hydrogens (tertiary/aromatic N) is 1. The Bertz CT molecular complexity index is 753. The van der Waals surface area contributed by atoms with Crippen LogP contribution < -0.4 is 0 Å². The molecule has 116 valence electrons. The van der Waals surface area contributed by atoms with Gasteiger partial charge in [0.2, 0.25) is 5.95 Å². The maximum atomic E-state index is 14.2. The van der Waals surface area contributed by atoms with Gasteiger partial charge in [-0.3, -0.25) is 4.79 Å². The Morgan fingerprint density at radius 1 is 1.00 bits per heavy atom. The molecule has 0 fully saturated rings. The molecule has 9 heteroatoms. The summed E-state index contributed by atoms with van der Waals surface area (Å²) in [5, 5.41) is 8.35. The summed E-state index contributed by atoms with van der Waals surface area (Å²) in [5.74, 6) is -2.08. The van der Waals surface area contributed by atoms with Crippen molar-refractivity contribution in [3.8, 4) is 11.1 Å². The molecule has 0 radical (unpaired) electrons. The van der Waals surface area contributed by atoms with E-state index in [0.717, 1.165) is 0 Å². The monoisotopic (exact) mass is 401 g/mol. The molecule has 0 bridgehead atoms. The van der Waals surface area contributed by atoms with Crippen molar-refractivity contribution in [2.75, 3.05) is 0 Å². The first-order chi connectivity index (χ1) is 10.2. The number of hydrogen-bond donors (Lipinski definition) is 1. The fraction of sp³-hybridized carbons (Fsp3) is 0.0769. The van der Waals surface area contributed by atoms with Crippen molar-refractivity contribution >= 4 is 64.0 Å². The van der Waals surface area contributed by atoms with Crippen LogP contribution in [0.25, 0.3) is 11.1 Å². The van der Waals surface area contributed by atoms with Crippen LogP contribution in [-0.4, -0.2) is 16.1 Å². The van der Waals surface area contributed by atoms with E-state index in [-0.39, 0.29) is 41.9 Å². The molecule has 22 heavy (non-hydrogen) atoms. The second-order valence-electron chi connectivity index (χ2n) is 4.16. The predicted molar refractivity (Wildman–Crippen MR) is 86.0 cm³/mol. The molecule has 1 aromatic heterocycles. The Balaban J connectivity index is 2.65. The highest BCUT2D eigenvalue weighted by Crippen LogP contribution is 2.48. The van der Waals surface area contributed by atoms with Crippen LogP contribution in [0.3, 0.4) is 0 Å². The molecule has 0 atom stereocenters. The molecular formula is C13H5Cl5FNO2. The lowest BCUT2D eigenvalue weighted by atomic mass is 10.1. The number of aliphatic carboxylic acids is 1. The predicted octanol–water partition coefficient (Wildman–Crippen LogP) is 5.78. The number of aromatic nitrogens is 1. The van der Waals surface area contributed by atoms with Crippen LogP contribution in [0.2, 0.25) is 25.1 Å². The van der Waals surface area contributed by atoms with E-state index in [1.165, 1.54) is 12.1 Å². The quantitative estimate of drug-likeness (QED) is 0.401. The first-order valence-electron chi connectivity index (χ1n) is 5.63. The highest BCUT2D eigenvalue weighted by Gasteiger charge is 2.23. The summed E-state index contributed by atoms with van der Waals surface area (Å²) in [4.78, 5) is 14.2. The zero-order valence-corrected chi connectivity index (χ0v) is 14.2. The topological polar surface area (TPSA) is 50.2 Å². The molecule has 2 aromatic rings. The summed E-state index contributed by atoms with van der Waals surface area (Å²) in [7, 11) is 0. The molecule has 0 aliphatic carbocycles. The minimum Gasteiger partial charge on any atom is -0.481 e. The van der Waals surface area contributed by atoms with Crippen LogP contribution in [0.15, 0.2) is 12.1 Å². The molecule has 2 rings (SSSR count). The van der Waals surface area contributed by atoms with Gasteiger partial charge in [-0.1, -0.05) is 58.0 Å². The number of rotatable bonds is 3. The van der Waals surface area contributed by atoms with Gasteiger partial charge in [0.05, 0.1) is 37.2 Å². The zero-order valence-electron chi connectivity index (χ0n) is 10.4. The van der Waals surface area contributed by atoms with Crippen LogP contribution >= 0.6 is 58.0 Å². The molecule has 0 saturated heterocycles. The van der Waals surface area contributed by atoms with Crippen molar-refractivity contribution in [2.45, 2.75) is 6.42 Å². The van der Waals surface area contributed by atoms with Gasteiger partial charge in [0.25, 0.3) is 0 Å². The van der Waals surface area contributed by atoms with Crippen LogP contribution in [0.1, 0.15) is 5.69 Å². The van der Waals surface area contributed by atoms with E-state index in [1.54, 1.807) is 0 Å². The van der Waals surface area contributed by atoms with Crippen LogP contribution in [0.5, 0.6) is 0 Å². The van der Waals surface area contributed by atoms with E-state index in [4.69, 9.17) is 63.1 Å². The third kappa shape index (κ3) is 3.26. The van der Waals surface area contributed by atoms with E-state index < -0.39 is 18.3 Å². The third-order valence-electron chi connectivity index (χ3n) is 2.72. The Kier molecular flexibility index (Phi) is 5.41. The summed E-state index contributed by atoms with van der Waals surface area (Å²) in [6, 6.07) is 2.64. The maximum Gasteiger partial charge on any atom is 0.309 e. The first-order valence-corrected chi connectivity index (χ1v) is 7.52. The molecule has 0 aliphatic rings. The third-order valence-corrected chi connectivity index (χ3v) is 4.99. The van der Waals surface area contributed by atoms with E-state index in [2.05, 4.69) is 4.98 Å². The number of carboxylic acids is 1. The Morgan fingerprint density at radius 3 is 1.95 bits per heavy atom. The average molecular weight is 403 g/mol. The highest BCUT2D eigenvalue weighted by molar-refractivity contribution is 6.56. The molecule has 0 spiro atoms. The second-order valence-corrected chi connectivity index (χ2v) is 6.05. The standard InChI is InChI=1S/C13H5Cl5FNO2/c14-8-7(9(15)11(17)12(18)10(8)16)5-2-1-4(3-6(21)22)20-13(5)19/h1-2H,3H2,(H,21,22). The van der Waals surface area contributed by atoms with Gasteiger partial charge in [-0.25, -0.2) is 4.98 Å². The normalized spacial score (nSPS) is 10.8. The summed E-state index contributed by atoms with van der Waals surface area (Å²) < 4.78 is 14.2. The van der Waals surface area contributed by atoms with Crippen molar-refractivity contribution in [1.82, 2.24) is 4.98 Å². The lowest BCUT2D eigenvalue weighted by molar-refractivity contribution is -0.136. The number of hydrogen-bond acceptors (Lipinski definition) is 2. The van der Waals surface area contributed by atoms with Crippen molar-refractivity contribution in [3.63, 3.8) is 0 Å². The van der Waals surface area contributed by atoms with Crippen molar-refractivity contribution in [2.24, 2.45) is 0 Å². The molecule has 3 nitrogen and oxygen atoms in total. The summed E-state index contributed by atoms with van der Waals surface area (Å²) in [6.07, 6.45) is -0.416. The number of halogens is 6. The molecule has 0 amide bonds. The smallest absolute Gasteiger partial charge is 0.309 e. The Morgan fingerprint density at radius 2 is 1.50 bits per heavy atom. The van der Waals surface area contributed by atoms with Crippen LogP contribution in [-0.2, 0) is 11.2 Å². The van der Waals surface area contributed by atoms with Gasteiger partial charge in [-0.05, 0) is 12.1 Å². The lowest BCUT2D eigenvalue weighted by Gasteiger charge is -2.13. The van der Waals surface area contributed by atoms with Crippen LogP contribution in [0.4, 0.5) is 4.39 Å². The second kappa shape index (κ2) is 6.77. The van der Waals surface area contributed by atoms with E-state index in [0.29, 0.717) is 0 Å². The number of benzene rings is 1. The molecule has 0 unspecified atom stereocenters. The molecule has 1 heterocycles. The molecule has 0 aliphatic heterocycles. The molecular weight excluding hydrogens is 398 g/mol. The van der Waals surface area contributed by atoms with Crippen molar-refractivity contribution in [3.05, 3.63) is 48.9 Å². The van der Waals surface area contributed by atoms with Crippen molar-refractivity contribution in [1.29, 1.82) is 0 Å². The van der Waals surface area contributed by atoms with Gasteiger partial charge in [-0.15, -0.1) is 0 Å². The minimum atomic E-state index is -1.13. The van der Waals surface area contributed by atoms with Gasteiger partial charge >= 0.3 is 5.97 Å². The van der Waals surface area contributed by atoms with Gasteiger partial charge in [0.1, 0.15) is 0 Å². The van der Waals surface area contributed by atoms with E-state index >= 15 is 0 Å². The molecule has 0 saturated carbocycles. The lowest BCUT2D eigenvalue weighted by Crippen LogP contribution is -2.04. The highest BCUT2D eigenvalue weighted by atomic mass is 35.5. The maximum absolute atomic E-state index is 14.2. The molecule has 1 aromatic carbocycles. The summed E-state index contributed by atoms with van der Waals surface area (Å²) >= 11 is 29.8. The molecule has 1 N–H and O–H groups in total. The van der Waals surface area contributed by atoms with Crippen molar-refractivity contribution < 1.29 is 14.3 Å². The Hall–Kier alpha value is -0.780. The van der Waals surface area contributed by atoms with Crippen LogP contribution in [0, 0.1) is 5.95 Å². The zero-order chi connectivity index (χ0) is 16.6. The summed E-state index contributed by atoms with van der Waals surface area (Å²) in [6.45, 7) is 0. The van der Waals surface area contributed by atoms with Gasteiger partial charge in [0.15, 0.2) is 0 Å². The first kappa shape index (κ1) is 17.6. The van der Waals surface area contributed by atoms with Gasteiger partial charge in [-0.2, -0.15) is 4.39 Å². The SMILES string of the molecule is O=C(O)Cc1ccc(-c2c(Cl)c(Cl)c(Cl)c(Cl)c2Cl)c(F)n1. The Labute approximate surface area is 149 Å². The fourth-order valence-corrected chi connectivity index (χ4v) is 3.10. The van der Waals surface area contributed by atoms with Gasteiger partial charge in [0, 0.05) is 11.1 Å². The van der Waals surface area contributed by atoms with Gasteiger partial charge < -0.3 is 5.11 Å². The average Bonchev–Trinajstić information content (AvgIpc) is 2.45. The minimum absolute atomic E-state index is 0.0367. The van der Waals surface area contributed by atoms with E-state index in [9.17, 15) is 9.18 Å². The fourth-order valence-electron chi connectivity index (χ4n) is 1.75. The number of carbonyl (C=O) groups is 1.